The molecule has 1 nitrogen and oxygen atoms in total. The van der Waals surface area contributed by atoms with E-state index in [1.54, 1.807) is 0 Å². The molecule has 0 aliphatic carbocycles. The van der Waals surface area contributed by atoms with Gasteiger partial charge in [-0.3, -0.25) is 0 Å². The Morgan fingerprint density at radius 1 is 0.567 bits per heavy atom. The van der Waals surface area contributed by atoms with Crippen molar-refractivity contribution < 1.29 is 17.1 Å². The Balaban J connectivity index is 0.00000256. The van der Waals surface area contributed by atoms with Gasteiger partial charge in [-0.25, -0.2) is 0 Å². The van der Waals surface area contributed by atoms with Crippen LogP contribution in [-0.2, 0) is 6.16 Å². The fourth-order valence-electron chi connectivity index (χ4n) is 3.95. The number of ether oxygens (including phenoxy) is 1. The Labute approximate surface area is 186 Å². The molecular formula is C27H26ClOP. The third kappa shape index (κ3) is 4.43. The van der Waals surface area contributed by atoms with Crippen LogP contribution in [0.4, 0.5) is 0 Å². The molecular weight excluding hydrogens is 407 g/mol. The second-order valence-electron chi connectivity index (χ2n) is 7.02. The first-order valence-corrected chi connectivity index (χ1v) is 12.1. The van der Waals surface area contributed by atoms with E-state index < -0.39 is 7.26 Å². The monoisotopic (exact) mass is 432 g/mol. The first-order valence-electron chi connectivity index (χ1n) is 10.1. The van der Waals surface area contributed by atoms with E-state index in [-0.39, 0.29) is 12.4 Å². The number of halogens is 1. The van der Waals surface area contributed by atoms with E-state index >= 15 is 0 Å². The van der Waals surface area contributed by atoms with Crippen molar-refractivity contribution >= 4 is 23.2 Å². The molecule has 0 aromatic heterocycles. The van der Waals surface area contributed by atoms with E-state index in [1.807, 2.05) is 6.92 Å². The SMILES string of the molecule is CCOc1ccccc1C[P+](c1ccccc1)(c1ccccc1)c1ccccc1.[Cl-]. The zero-order valence-electron chi connectivity index (χ0n) is 17.1. The molecule has 0 saturated carbocycles. The first kappa shape index (κ1) is 22.1. The lowest BCUT2D eigenvalue weighted by Crippen LogP contribution is -3.00. The van der Waals surface area contributed by atoms with Crippen molar-refractivity contribution in [1.82, 2.24) is 0 Å². The van der Waals surface area contributed by atoms with Crippen molar-refractivity contribution in [2.24, 2.45) is 0 Å². The van der Waals surface area contributed by atoms with Crippen molar-refractivity contribution in [2.45, 2.75) is 13.1 Å². The Morgan fingerprint density at radius 3 is 1.40 bits per heavy atom. The van der Waals surface area contributed by atoms with Crippen LogP contribution in [0.15, 0.2) is 115 Å². The molecule has 4 aromatic rings. The fraction of sp³-hybridized carbons (Fsp3) is 0.111. The highest BCUT2D eigenvalue weighted by molar-refractivity contribution is 7.95. The number of para-hydroxylation sites is 1. The molecule has 0 fully saturated rings. The maximum absolute atomic E-state index is 6.01. The predicted octanol–water partition coefficient (Wildman–Crippen LogP) is 2.58. The minimum atomic E-state index is -1.91. The Bertz CT molecular complexity index is 939. The molecule has 30 heavy (non-hydrogen) atoms. The zero-order chi connectivity index (χ0) is 19.9. The molecule has 0 unspecified atom stereocenters. The van der Waals surface area contributed by atoms with Crippen molar-refractivity contribution in [3.05, 3.63) is 121 Å². The van der Waals surface area contributed by atoms with Crippen LogP contribution < -0.4 is 33.1 Å². The molecule has 0 heterocycles. The van der Waals surface area contributed by atoms with Crippen molar-refractivity contribution in [3.63, 3.8) is 0 Å². The van der Waals surface area contributed by atoms with Gasteiger partial charge in [-0.2, -0.15) is 0 Å². The van der Waals surface area contributed by atoms with Gasteiger partial charge in [-0.05, 0) is 49.4 Å². The maximum Gasteiger partial charge on any atom is 0.126 e. The third-order valence-corrected chi connectivity index (χ3v) is 9.62. The van der Waals surface area contributed by atoms with Gasteiger partial charge in [-0.1, -0.05) is 72.8 Å². The Hall–Kier alpha value is -2.60. The quantitative estimate of drug-likeness (QED) is 0.408. The number of rotatable bonds is 7. The summed E-state index contributed by atoms with van der Waals surface area (Å²) in [5.74, 6) is 0.988. The molecule has 0 radical (unpaired) electrons. The average molecular weight is 433 g/mol. The molecule has 0 aliphatic rings. The molecule has 0 bridgehead atoms. The lowest BCUT2D eigenvalue weighted by Gasteiger charge is -2.28. The molecule has 0 amide bonds. The van der Waals surface area contributed by atoms with E-state index in [0.717, 1.165) is 11.9 Å². The Kier molecular flexibility index (Phi) is 7.69. The Morgan fingerprint density at radius 2 is 0.967 bits per heavy atom. The summed E-state index contributed by atoms with van der Waals surface area (Å²) >= 11 is 0. The van der Waals surface area contributed by atoms with Crippen LogP contribution in [-0.4, -0.2) is 6.61 Å². The van der Waals surface area contributed by atoms with Crippen molar-refractivity contribution in [2.75, 3.05) is 6.61 Å². The van der Waals surface area contributed by atoms with Crippen LogP contribution in [0.1, 0.15) is 12.5 Å². The van der Waals surface area contributed by atoms with Crippen LogP contribution in [0.5, 0.6) is 5.75 Å². The molecule has 3 heteroatoms. The second kappa shape index (κ2) is 10.4. The van der Waals surface area contributed by atoms with Gasteiger partial charge in [-0.15, -0.1) is 0 Å². The highest BCUT2D eigenvalue weighted by Gasteiger charge is 2.45. The van der Waals surface area contributed by atoms with Crippen LogP contribution in [0.2, 0.25) is 0 Å². The van der Waals surface area contributed by atoms with Crippen LogP contribution in [0.3, 0.4) is 0 Å². The summed E-state index contributed by atoms with van der Waals surface area (Å²) in [6.07, 6.45) is 0.932. The average Bonchev–Trinajstić information content (AvgIpc) is 2.80. The first-order chi connectivity index (χ1) is 14.3. The van der Waals surface area contributed by atoms with E-state index in [4.69, 9.17) is 4.74 Å². The van der Waals surface area contributed by atoms with Gasteiger partial charge in [0.1, 0.15) is 35.1 Å². The van der Waals surface area contributed by atoms with Crippen LogP contribution in [0, 0.1) is 0 Å². The molecule has 4 aromatic carbocycles. The largest absolute Gasteiger partial charge is 1.00 e. The number of hydrogen-bond donors (Lipinski definition) is 0. The number of hydrogen-bond acceptors (Lipinski definition) is 1. The van der Waals surface area contributed by atoms with Gasteiger partial charge in [0.05, 0.1) is 6.61 Å². The smallest absolute Gasteiger partial charge is 0.126 e. The lowest BCUT2D eigenvalue weighted by molar-refractivity contribution is -0.00000618. The molecule has 0 spiro atoms. The third-order valence-electron chi connectivity index (χ3n) is 5.27. The normalized spacial score (nSPS) is 10.8. The highest BCUT2D eigenvalue weighted by Crippen LogP contribution is 2.58. The summed E-state index contributed by atoms with van der Waals surface area (Å²) in [5, 5.41) is 4.18. The van der Waals surface area contributed by atoms with Crippen molar-refractivity contribution in [3.8, 4) is 5.75 Å². The topological polar surface area (TPSA) is 9.23 Å². The van der Waals surface area contributed by atoms with Crippen molar-refractivity contribution in [1.29, 1.82) is 0 Å². The van der Waals surface area contributed by atoms with Gasteiger partial charge >= 0.3 is 0 Å². The van der Waals surface area contributed by atoms with E-state index in [9.17, 15) is 0 Å². The number of benzene rings is 4. The van der Waals surface area contributed by atoms with Crippen LogP contribution >= 0.6 is 7.26 Å². The minimum absolute atomic E-state index is 0. The summed E-state index contributed by atoms with van der Waals surface area (Å²) < 4.78 is 6.01. The van der Waals surface area contributed by atoms with Gasteiger partial charge < -0.3 is 17.1 Å². The highest BCUT2D eigenvalue weighted by atomic mass is 35.5. The molecule has 4 rings (SSSR count). The van der Waals surface area contributed by atoms with E-state index in [1.165, 1.54) is 21.5 Å². The zero-order valence-corrected chi connectivity index (χ0v) is 18.8. The lowest BCUT2D eigenvalue weighted by atomic mass is 10.2. The summed E-state index contributed by atoms with van der Waals surface area (Å²) in [6.45, 7) is 2.72. The van der Waals surface area contributed by atoms with E-state index in [0.29, 0.717) is 6.61 Å². The molecule has 0 N–H and O–H groups in total. The summed E-state index contributed by atoms with van der Waals surface area (Å²) in [4.78, 5) is 0. The summed E-state index contributed by atoms with van der Waals surface area (Å²) in [6, 6.07) is 41.5. The van der Waals surface area contributed by atoms with Crippen LogP contribution in [0.25, 0.3) is 0 Å². The van der Waals surface area contributed by atoms with Gasteiger partial charge in [0.15, 0.2) is 0 Å². The molecule has 0 aliphatic heterocycles. The summed E-state index contributed by atoms with van der Waals surface area (Å²) in [5.41, 5.74) is 1.26. The van der Waals surface area contributed by atoms with E-state index in [2.05, 4.69) is 115 Å². The van der Waals surface area contributed by atoms with Gasteiger partial charge in [0, 0.05) is 5.56 Å². The predicted molar refractivity (Wildman–Crippen MR) is 126 cm³/mol. The standard InChI is InChI=1S/C27H26OP.ClH/c1-2-28-27-21-13-12-14-23(27)22-29(24-15-6-3-7-16-24,25-17-8-4-9-18-25)26-19-10-5-11-20-26;/h3-21H,2,22H2,1H3;1H/q+1;/p-1. The van der Waals surface area contributed by atoms with Gasteiger partial charge in [0.25, 0.3) is 0 Å². The molecule has 152 valence electrons. The van der Waals surface area contributed by atoms with Gasteiger partial charge in [0.2, 0.25) is 0 Å². The maximum atomic E-state index is 6.01. The molecule has 0 saturated heterocycles. The molecule has 0 atom stereocenters. The second-order valence-corrected chi connectivity index (χ2v) is 10.5. The minimum Gasteiger partial charge on any atom is -1.00 e. The summed E-state index contributed by atoms with van der Waals surface area (Å²) in [7, 11) is -1.91. The fourth-order valence-corrected chi connectivity index (χ4v) is 8.21.